The average molecular weight is 805 g/mol. The minimum atomic E-state index is -1.43. The molecule has 0 spiro atoms. The van der Waals surface area contributed by atoms with Crippen LogP contribution < -0.4 is 0 Å². The number of carbonyl (C=O) groups is 4. The van der Waals surface area contributed by atoms with Crippen LogP contribution in [0.15, 0.2) is 47.3 Å². The van der Waals surface area contributed by atoms with Gasteiger partial charge in [0.2, 0.25) is 0 Å². The van der Waals surface area contributed by atoms with Gasteiger partial charge in [0.1, 0.15) is 24.1 Å². The second kappa shape index (κ2) is 18.6. The number of carbonyl (C=O) groups excluding carboxylic acids is 4. The van der Waals surface area contributed by atoms with Crippen LogP contribution in [0.2, 0.25) is 0 Å². The number of allylic oxidation sites excluding steroid dienone is 2. The summed E-state index contributed by atoms with van der Waals surface area (Å²) in [4.78, 5) is 51.6. The predicted octanol–water partition coefficient (Wildman–Crippen LogP) is 5.33. The van der Waals surface area contributed by atoms with Gasteiger partial charge in [-0.05, 0) is 66.0 Å². The maximum atomic E-state index is 13.4. The van der Waals surface area contributed by atoms with Gasteiger partial charge in [-0.15, -0.1) is 0 Å². The quantitative estimate of drug-likeness (QED) is 0.157. The molecule has 9 unspecified atom stereocenters. The zero-order valence-electron chi connectivity index (χ0n) is 35.5. The highest BCUT2D eigenvalue weighted by molar-refractivity contribution is 5.83. The summed E-state index contributed by atoms with van der Waals surface area (Å²) in [6, 6.07) is 0. The van der Waals surface area contributed by atoms with E-state index in [4.69, 9.17) is 37.9 Å². The Morgan fingerprint density at radius 3 is 2.18 bits per heavy atom. The standard InChI is InChI=1S/C43H64O14/c1-25(44)33-22-30-15-27(19-37(47)51-10)17-34(54-30)41(5,6)13-12-29-14-26(18-36(46)50-9)16-32(53-29)24-43(52-11)42(7,8)35(56-39(49)40(2,3)4)23-31(57-43)20-28(45)21-38(48)55-33/h12-13,17-19,25,28-33,35,44-45H,14-16,20-24H2,1-11H3. The number of fused-ring (bicyclic) bond motifs is 6. The summed E-state index contributed by atoms with van der Waals surface area (Å²) in [6.45, 7) is 14.5. The van der Waals surface area contributed by atoms with Crippen molar-refractivity contribution in [1.82, 2.24) is 0 Å². The van der Waals surface area contributed by atoms with Crippen LogP contribution in [0.4, 0.5) is 0 Å². The summed E-state index contributed by atoms with van der Waals surface area (Å²) in [7, 11) is 4.12. The van der Waals surface area contributed by atoms with Gasteiger partial charge in [-0.25, -0.2) is 9.59 Å². The fourth-order valence-corrected chi connectivity index (χ4v) is 7.81. The second-order valence-corrected chi connectivity index (χ2v) is 17.9. The Hall–Kier alpha value is -3.56. The van der Waals surface area contributed by atoms with Crippen molar-refractivity contribution in [3.63, 3.8) is 0 Å². The van der Waals surface area contributed by atoms with Crippen LogP contribution in [-0.4, -0.2) is 110 Å². The number of cyclic esters (lactones) is 1. The number of hydrogen-bond acceptors (Lipinski definition) is 14. The van der Waals surface area contributed by atoms with E-state index >= 15 is 0 Å². The van der Waals surface area contributed by atoms with Gasteiger partial charge >= 0.3 is 23.9 Å². The van der Waals surface area contributed by atoms with Crippen LogP contribution in [-0.2, 0) is 57.1 Å². The average Bonchev–Trinajstić information content (AvgIpc) is 3.11. The summed E-state index contributed by atoms with van der Waals surface area (Å²) in [5, 5.41) is 22.1. The number of methoxy groups -OCH3 is 3. The van der Waals surface area contributed by atoms with E-state index in [1.807, 2.05) is 39.8 Å². The van der Waals surface area contributed by atoms with Crippen molar-refractivity contribution in [3.05, 3.63) is 47.3 Å². The van der Waals surface area contributed by atoms with Gasteiger partial charge in [0, 0.05) is 56.8 Å². The topological polar surface area (TPSA) is 183 Å². The van der Waals surface area contributed by atoms with Gasteiger partial charge in [-0.2, -0.15) is 0 Å². The SMILES string of the molecule is COC(=O)C=C1C=C2OC(C1)CC(C(C)O)OC(=O)CC(O)CC1CC(OC(=O)C(C)(C)C)C(C)(C)C(OC)(CC3CC(=CC(=O)OC)CC(C=CC2(C)C)O3)O1. The molecule has 0 saturated carbocycles. The molecule has 0 aromatic rings. The van der Waals surface area contributed by atoms with E-state index < -0.39 is 101 Å². The number of aliphatic hydroxyl groups is 2. The molecule has 4 rings (SSSR count). The second-order valence-electron chi connectivity index (χ2n) is 17.9. The highest BCUT2D eigenvalue weighted by atomic mass is 16.7. The first kappa shape index (κ1) is 46.1. The lowest BCUT2D eigenvalue weighted by atomic mass is 9.70. The molecule has 4 aliphatic rings. The maximum Gasteiger partial charge on any atom is 0.330 e. The van der Waals surface area contributed by atoms with E-state index in [9.17, 15) is 29.4 Å². The van der Waals surface area contributed by atoms with E-state index in [0.717, 1.165) is 5.57 Å². The summed E-state index contributed by atoms with van der Waals surface area (Å²) in [5.74, 6) is -3.11. The minimum Gasteiger partial charge on any atom is -0.493 e. The molecule has 2 saturated heterocycles. The Bertz CT molecular complexity index is 1600. The number of esters is 4. The molecule has 6 bridgehead atoms. The van der Waals surface area contributed by atoms with Crippen molar-refractivity contribution in [1.29, 1.82) is 0 Å². The molecular weight excluding hydrogens is 740 g/mol. The fraction of sp³-hybridized carbons (Fsp3) is 0.721. The predicted molar refractivity (Wildman–Crippen MR) is 207 cm³/mol. The molecule has 4 heterocycles. The fourth-order valence-electron chi connectivity index (χ4n) is 7.81. The molecule has 14 heteroatoms. The molecule has 57 heavy (non-hydrogen) atoms. The molecule has 320 valence electrons. The summed E-state index contributed by atoms with van der Waals surface area (Å²) < 4.78 is 48.2. The van der Waals surface area contributed by atoms with Crippen LogP contribution >= 0.6 is 0 Å². The third-order valence-electron chi connectivity index (χ3n) is 11.3. The van der Waals surface area contributed by atoms with Gasteiger partial charge < -0.3 is 48.1 Å². The zero-order valence-corrected chi connectivity index (χ0v) is 35.5. The van der Waals surface area contributed by atoms with Crippen molar-refractivity contribution in [2.24, 2.45) is 16.2 Å². The molecular formula is C43H64O14. The van der Waals surface area contributed by atoms with Gasteiger partial charge in [0.15, 0.2) is 5.79 Å². The molecule has 2 N–H and O–H groups in total. The number of hydrogen-bond donors (Lipinski definition) is 2. The molecule has 0 amide bonds. The van der Waals surface area contributed by atoms with E-state index in [1.54, 1.807) is 26.8 Å². The molecule has 0 aliphatic carbocycles. The van der Waals surface area contributed by atoms with E-state index in [1.165, 1.54) is 40.4 Å². The normalized spacial score (nSPS) is 34.2. The largest absolute Gasteiger partial charge is 0.493 e. The Balaban J connectivity index is 1.83. The first-order chi connectivity index (χ1) is 26.5. The lowest BCUT2D eigenvalue weighted by Crippen LogP contribution is -2.63. The van der Waals surface area contributed by atoms with E-state index in [2.05, 4.69) is 0 Å². The highest BCUT2D eigenvalue weighted by Gasteiger charge is 2.59. The molecule has 0 aromatic carbocycles. The number of ether oxygens (including phenoxy) is 8. The van der Waals surface area contributed by atoms with Crippen LogP contribution in [0.1, 0.15) is 107 Å². The van der Waals surface area contributed by atoms with Crippen molar-refractivity contribution in [3.8, 4) is 0 Å². The molecule has 0 aromatic heterocycles. The molecule has 4 aliphatic heterocycles. The highest BCUT2D eigenvalue weighted by Crippen LogP contribution is 2.51. The van der Waals surface area contributed by atoms with Crippen molar-refractivity contribution in [2.75, 3.05) is 21.3 Å². The van der Waals surface area contributed by atoms with Crippen LogP contribution in [0, 0.1) is 16.2 Å². The smallest absolute Gasteiger partial charge is 0.330 e. The van der Waals surface area contributed by atoms with Crippen LogP contribution in [0.25, 0.3) is 0 Å². The summed E-state index contributed by atoms with van der Waals surface area (Å²) in [5.41, 5.74) is -1.11. The Morgan fingerprint density at radius 1 is 0.895 bits per heavy atom. The Kier molecular flexibility index (Phi) is 15.0. The van der Waals surface area contributed by atoms with Crippen molar-refractivity contribution >= 4 is 23.9 Å². The summed E-state index contributed by atoms with van der Waals surface area (Å²) in [6.07, 6.45) is 3.04. The molecule has 2 fully saturated rings. The van der Waals surface area contributed by atoms with Crippen LogP contribution in [0.5, 0.6) is 0 Å². The van der Waals surface area contributed by atoms with Crippen molar-refractivity contribution in [2.45, 2.75) is 161 Å². The first-order valence-electron chi connectivity index (χ1n) is 19.8. The molecule has 0 radical (unpaired) electrons. The maximum absolute atomic E-state index is 13.4. The Morgan fingerprint density at radius 2 is 1.56 bits per heavy atom. The monoisotopic (exact) mass is 804 g/mol. The third kappa shape index (κ3) is 11.8. The van der Waals surface area contributed by atoms with E-state index in [0.29, 0.717) is 24.2 Å². The lowest BCUT2D eigenvalue weighted by molar-refractivity contribution is -0.358. The van der Waals surface area contributed by atoms with Crippen molar-refractivity contribution < 1.29 is 67.3 Å². The summed E-state index contributed by atoms with van der Waals surface area (Å²) >= 11 is 0. The van der Waals surface area contributed by atoms with Gasteiger partial charge in [-0.1, -0.05) is 31.6 Å². The number of rotatable bonds is 5. The molecule has 14 nitrogen and oxygen atoms in total. The van der Waals surface area contributed by atoms with E-state index in [-0.39, 0.29) is 32.1 Å². The lowest BCUT2D eigenvalue weighted by Gasteiger charge is -2.55. The number of aliphatic hydroxyl groups excluding tert-OH is 2. The van der Waals surface area contributed by atoms with Gasteiger partial charge in [0.05, 0.1) is 62.0 Å². The zero-order chi connectivity index (χ0) is 42.5. The van der Waals surface area contributed by atoms with Gasteiger partial charge in [0.25, 0.3) is 0 Å². The van der Waals surface area contributed by atoms with Gasteiger partial charge in [-0.3, -0.25) is 9.59 Å². The Labute approximate surface area is 336 Å². The van der Waals surface area contributed by atoms with Crippen LogP contribution in [0.3, 0.4) is 0 Å². The minimum absolute atomic E-state index is 0.0275. The first-order valence-corrected chi connectivity index (χ1v) is 19.8. The molecule has 9 atom stereocenters. The third-order valence-corrected chi connectivity index (χ3v) is 11.3.